The number of nitrogens with zero attached hydrogens (tertiary/aromatic N) is 2. The second-order valence-corrected chi connectivity index (χ2v) is 8.89. The van der Waals surface area contributed by atoms with Crippen molar-refractivity contribution in [3.05, 3.63) is 75.8 Å². The molecule has 3 aromatic rings. The van der Waals surface area contributed by atoms with Crippen LogP contribution in [0.5, 0.6) is 0 Å². The van der Waals surface area contributed by atoms with Gasteiger partial charge < -0.3 is 4.57 Å². The van der Waals surface area contributed by atoms with Crippen LogP contribution in [0.15, 0.2) is 59.5 Å². The Kier molecular flexibility index (Phi) is 6.66. The minimum Gasteiger partial charge on any atom is -0.303 e. The van der Waals surface area contributed by atoms with E-state index >= 15 is 0 Å². The van der Waals surface area contributed by atoms with E-state index in [1.165, 1.54) is 12.1 Å². The Morgan fingerprint density at radius 1 is 1.18 bits per heavy atom. The normalized spacial score (nSPS) is 12.8. The predicted octanol–water partition coefficient (Wildman–Crippen LogP) is 4.27. The second-order valence-electron chi connectivity index (χ2n) is 6.36. The summed E-state index contributed by atoms with van der Waals surface area (Å²) in [5.41, 5.74) is 0.989. The van der Waals surface area contributed by atoms with E-state index in [0.29, 0.717) is 28.6 Å². The molecule has 0 bridgehead atoms. The van der Waals surface area contributed by atoms with Gasteiger partial charge in [-0.05, 0) is 54.9 Å². The molecule has 1 heterocycles. The first-order valence-electron chi connectivity index (χ1n) is 8.87. The molecular weight excluding hydrogens is 416 g/mol. The zero-order valence-corrected chi connectivity index (χ0v) is 17.7. The van der Waals surface area contributed by atoms with Gasteiger partial charge in [0.1, 0.15) is 5.82 Å². The van der Waals surface area contributed by atoms with Crippen molar-refractivity contribution < 1.29 is 8.42 Å². The number of aromatic nitrogens is 3. The number of hydrogen-bond acceptors (Lipinski definition) is 4. The Bertz CT molecular complexity index is 1080. The maximum Gasteiger partial charge on any atom is 0.241 e. The van der Waals surface area contributed by atoms with Crippen molar-refractivity contribution >= 4 is 33.8 Å². The van der Waals surface area contributed by atoms with E-state index < -0.39 is 16.1 Å². The van der Waals surface area contributed by atoms with Crippen LogP contribution in [-0.4, -0.2) is 23.2 Å². The third-order valence-electron chi connectivity index (χ3n) is 4.25. The number of halogens is 1. The van der Waals surface area contributed by atoms with Crippen molar-refractivity contribution in [2.45, 2.75) is 37.2 Å². The quantitative estimate of drug-likeness (QED) is 0.517. The van der Waals surface area contributed by atoms with Gasteiger partial charge in [0, 0.05) is 11.6 Å². The van der Waals surface area contributed by atoms with Crippen LogP contribution < -0.4 is 4.72 Å². The summed E-state index contributed by atoms with van der Waals surface area (Å²) in [6.45, 7) is 2.68. The Hall–Kier alpha value is -2.00. The molecule has 9 heteroatoms. The fraction of sp³-hybridized carbons (Fsp3) is 0.263. The third kappa shape index (κ3) is 4.88. The standard InChI is InChI=1S/C19H21ClN4O2S2/c1-2-12-24-18(21-22-19(24)27)17(13-14-6-4-3-5-7-14)23-28(25,26)16-10-8-15(20)9-11-16/h3-11,17,23H,2,12-13H2,1H3,(H,22,27)/t17-/m1/s1. The van der Waals surface area contributed by atoms with Gasteiger partial charge in [-0.2, -0.15) is 5.10 Å². The van der Waals surface area contributed by atoms with Crippen LogP contribution in [0.25, 0.3) is 0 Å². The van der Waals surface area contributed by atoms with E-state index in [4.69, 9.17) is 23.8 Å². The van der Waals surface area contributed by atoms with Gasteiger partial charge in [0.15, 0.2) is 4.77 Å². The fourth-order valence-electron chi connectivity index (χ4n) is 2.94. The summed E-state index contributed by atoms with van der Waals surface area (Å²) < 4.78 is 31.0. The zero-order valence-electron chi connectivity index (χ0n) is 15.3. The van der Waals surface area contributed by atoms with Gasteiger partial charge in [-0.3, -0.25) is 5.10 Å². The highest BCUT2D eigenvalue weighted by Crippen LogP contribution is 2.22. The van der Waals surface area contributed by atoms with E-state index in [0.717, 1.165) is 12.0 Å². The lowest BCUT2D eigenvalue weighted by Crippen LogP contribution is -2.32. The molecule has 3 rings (SSSR count). The first-order chi connectivity index (χ1) is 13.4. The van der Waals surface area contributed by atoms with E-state index in [2.05, 4.69) is 14.9 Å². The van der Waals surface area contributed by atoms with Crippen LogP contribution in [-0.2, 0) is 23.0 Å². The van der Waals surface area contributed by atoms with Gasteiger partial charge in [-0.15, -0.1) is 0 Å². The summed E-state index contributed by atoms with van der Waals surface area (Å²) in [6.07, 6.45) is 1.29. The van der Waals surface area contributed by atoms with E-state index in [1.807, 2.05) is 41.8 Å². The summed E-state index contributed by atoms with van der Waals surface area (Å²) in [6, 6.07) is 15.1. The number of sulfonamides is 1. The number of hydrogen-bond donors (Lipinski definition) is 2. The van der Waals surface area contributed by atoms with Crippen molar-refractivity contribution in [1.82, 2.24) is 19.5 Å². The van der Waals surface area contributed by atoms with E-state index in [1.54, 1.807) is 12.1 Å². The maximum absolute atomic E-state index is 13.0. The topological polar surface area (TPSA) is 79.8 Å². The lowest BCUT2D eigenvalue weighted by molar-refractivity contribution is 0.516. The molecule has 0 saturated heterocycles. The molecule has 148 valence electrons. The molecule has 0 aliphatic carbocycles. The highest BCUT2D eigenvalue weighted by Gasteiger charge is 2.26. The van der Waals surface area contributed by atoms with Crippen molar-refractivity contribution in [3.63, 3.8) is 0 Å². The minimum absolute atomic E-state index is 0.145. The molecule has 2 N–H and O–H groups in total. The molecule has 0 fully saturated rings. The first-order valence-corrected chi connectivity index (χ1v) is 11.1. The summed E-state index contributed by atoms with van der Waals surface area (Å²) in [5.74, 6) is 0.563. The van der Waals surface area contributed by atoms with E-state index in [9.17, 15) is 8.42 Å². The first kappa shape index (κ1) is 20.7. The molecule has 2 aromatic carbocycles. The van der Waals surface area contributed by atoms with Crippen LogP contribution >= 0.6 is 23.8 Å². The SMILES string of the molecule is CCCn1c([C@@H](Cc2ccccc2)NS(=O)(=O)c2ccc(Cl)cc2)n[nH]c1=S. The largest absolute Gasteiger partial charge is 0.303 e. The molecule has 0 saturated carbocycles. The Morgan fingerprint density at radius 3 is 2.50 bits per heavy atom. The van der Waals surface area contributed by atoms with Gasteiger partial charge in [0.25, 0.3) is 0 Å². The zero-order chi connectivity index (χ0) is 20.1. The molecule has 6 nitrogen and oxygen atoms in total. The van der Waals surface area contributed by atoms with Crippen LogP contribution in [0.2, 0.25) is 5.02 Å². The van der Waals surface area contributed by atoms with E-state index in [-0.39, 0.29) is 4.90 Å². The third-order valence-corrected chi connectivity index (χ3v) is 6.30. The highest BCUT2D eigenvalue weighted by atomic mass is 35.5. The molecule has 0 amide bonds. The Morgan fingerprint density at radius 2 is 1.86 bits per heavy atom. The number of nitrogens with one attached hydrogen (secondary N) is 2. The van der Waals surface area contributed by atoms with Gasteiger partial charge in [0.2, 0.25) is 10.0 Å². The average Bonchev–Trinajstić information content (AvgIpc) is 3.03. The summed E-state index contributed by atoms with van der Waals surface area (Å²) in [7, 11) is -3.78. The molecule has 1 aromatic heterocycles. The molecular formula is C19H21ClN4O2S2. The highest BCUT2D eigenvalue weighted by molar-refractivity contribution is 7.89. The molecule has 28 heavy (non-hydrogen) atoms. The second kappa shape index (κ2) is 9.00. The molecule has 1 atom stereocenters. The number of H-pyrrole nitrogens is 1. The lowest BCUT2D eigenvalue weighted by Gasteiger charge is -2.19. The van der Waals surface area contributed by atoms with Gasteiger partial charge in [-0.1, -0.05) is 48.9 Å². The fourth-order valence-corrected chi connectivity index (χ4v) is 4.49. The van der Waals surface area contributed by atoms with Gasteiger partial charge >= 0.3 is 0 Å². The van der Waals surface area contributed by atoms with Crippen molar-refractivity contribution in [3.8, 4) is 0 Å². The molecule has 0 aliphatic rings. The Balaban J connectivity index is 1.99. The molecule has 0 aliphatic heterocycles. The number of benzene rings is 2. The number of aromatic amines is 1. The van der Waals surface area contributed by atoms with Crippen LogP contribution in [0, 0.1) is 4.77 Å². The Labute approximate surface area is 174 Å². The van der Waals surface area contributed by atoms with Crippen LogP contribution in [0.3, 0.4) is 0 Å². The van der Waals surface area contributed by atoms with Crippen LogP contribution in [0.4, 0.5) is 0 Å². The number of rotatable bonds is 8. The smallest absolute Gasteiger partial charge is 0.241 e. The van der Waals surface area contributed by atoms with Crippen molar-refractivity contribution in [2.24, 2.45) is 0 Å². The van der Waals surface area contributed by atoms with Gasteiger partial charge in [0.05, 0.1) is 10.9 Å². The van der Waals surface area contributed by atoms with Crippen molar-refractivity contribution in [1.29, 1.82) is 0 Å². The maximum atomic E-state index is 13.0. The molecule has 0 radical (unpaired) electrons. The minimum atomic E-state index is -3.78. The summed E-state index contributed by atoms with van der Waals surface area (Å²) in [4.78, 5) is 0.145. The lowest BCUT2D eigenvalue weighted by atomic mass is 10.1. The molecule has 0 spiro atoms. The average molecular weight is 437 g/mol. The predicted molar refractivity (Wildman–Crippen MR) is 112 cm³/mol. The van der Waals surface area contributed by atoms with Crippen LogP contribution in [0.1, 0.15) is 30.8 Å². The van der Waals surface area contributed by atoms with Crippen molar-refractivity contribution in [2.75, 3.05) is 0 Å². The summed E-state index contributed by atoms with van der Waals surface area (Å²) >= 11 is 11.2. The monoisotopic (exact) mass is 436 g/mol. The van der Waals surface area contributed by atoms with Gasteiger partial charge in [-0.25, -0.2) is 13.1 Å². The molecule has 0 unspecified atom stereocenters. The summed E-state index contributed by atoms with van der Waals surface area (Å²) in [5, 5.41) is 7.58.